The van der Waals surface area contributed by atoms with Crippen LogP contribution in [0.15, 0.2) is 36.4 Å². The zero-order valence-corrected chi connectivity index (χ0v) is 15.4. The number of methoxy groups -OCH3 is 3. The van der Waals surface area contributed by atoms with Crippen LogP contribution in [0.3, 0.4) is 0 Å². The molecule has 2 aromatic rings. The standard InChI is InChI=1S/C20H23NO5/c1-13-8-9-15(20(23)26-4)12-16(13)21-18(22)11-10-14-6-5-7-17(24-2)19(14)25-3/h5-9,12H,10-11H2,1-4H3,(H,21,22). The molecule has 0 radical (unpaired) electrons. The van der Waals surface area contributed by atoms with Gasteiger partial charge in [0.05, 0.1) is 26.9 Å². The topological polar surface area (TPSA) is 73.9 Å². The van der Waals surface area contributed by atoms with Gasteiger partial charge in [-0.05, 0) is 42.7 Å². The molecule has 0 heterocycles. The lowest BCUT2D eigenvalue weighted by Gasteiger charge is -2.13. The van der Waals surface area contributed by atoms with Crippen molar-refractivity contribution < 1.29 is 23.8 Å². The molecule has 2 rings (SSSR count). The molecule has 6 nitrogen and oxygen atoms in total. The van der Waals surface area contributed by atoms with E-state index >= 15 is 0 Å². The smallest absolute Gasteiger partial charge is 0.337 e. The molecule has 0 unspecified atom stereocenters. The number of rotatable bonds is 7. The third kappa shape index (κ3) is 4.53. The van der Waals surface area contributed by atoms with Gasteiger partial charge in [0.2, 0.25) is 5.91 Å². The number of ether oxygens (including phenoxy) is 3. The summed E-state index contributed by atoms with van der Waals surface area (Å²) < 4.78 is 15.4. The molecule has 0 aliphatic carbocycles. The number of nitrogens with one attached hydrogen (secondary N) is 1. The number of carbonyl (C=O) groups excluding carboxylic acids is 2. The second kappa shape index (κ2) is 8.89. The summed E-state index contributed by atoms with van der Waals surface area (Å²) >= 11 is 0. The van der Waals surface area contributed by atoms with Gasteiger partial charge in [-0.3, -0.25) is 4.79 Å². The lowest BCUT2D eigenvalue weighted by Crippen LogP contribution is -2.14. The van der Waals surface area contributed by atoms with Crippen molar-refractivity contribution in [2.24, 2.45) is 0 Å². The second-order valence-corrected chi connectivity index (χ2v) is 5.72. The zero-order chi connectivity index (χ0) is 19.1. The SMILES string of the molecule is COC(=O)c1ccc(C)c(NC(=O)CCc2cccc(OC)c2OC)c1. The summed E-state index contributed by atoms with van der Waals surface area (Å²) in [6, 6.07) is 10.6. The van der Waals surface area contributed by atoms with Crippen LogP contribution in [-0.2, 0) is 16.0 Å². The van der Waals surface area contributed by atoms with Crippen molar-refractivity contribution in [3.8, 4) is 11.5 Å². The van der Waals surface area contributed by atoms with Crippen LogP contribution < -0.4 is 14.8 Å². The quantitative estimate of drug-likeness (QED) is 0.769. The van der Waals surface area contributed by atoms with Gasteiger partial charge in [0.25, 0.3) is 0 Å². The number of hydrogen-bond donors (Lipinski definition) is 1. The van der Waals surface area contributed by atoms with E-state index in [4.69, 9.17) is 14.2 Å². The largest absolute Gasteiger partial charge is 0.493 e. The molecule has 0 saturated carbocycles. The highest BCUT2D eigenvalue weighted by Crippen LogP contribution is 2.31. The van der Waals surface area contributed by atoms with Gasteiger partial charge in [-0.15, -0.1) is 0 Å². The van der Waals surface area contributed by atoms with Crippen LogP contribution >= 0.6 is 0 Å². The van der Waals surface area contributed by atoms with E-state index in [1.165, 1.54) is 7.11 Å². The minimum Gasteiger partial charge on any atom is -0.493 e. The maximum absolute atomic E-state index is 12.3. The molecule has 0 aliphatic rings. The first kappa shape index (κ1) is 19.3. The number of hydrogen-bond acceptors (Lipinski definition) is 5. The Morgan fingerprint density at radius 3 is 2.46 bits per heavy atom. The van der Waals surface area contributed by atoms with E-state index in [2.05, 4.69) is 5.32 Å². The predicted molar refractivity (Wildman–Crippen MR) is 99.0 cm³/mol. The Bertz CT molecular complexity index is 801. The molecule has 26 heavy (non-hydrogen) atoms. The lowest BCUT2D eigenvalue weighted by molar-refractivity contribution is -0.116. The summed E-state index contributed by atoms with van der Waals surface area (Å²) in [4.78, 5) is 24.0. The Morgan fingerprint density at radius 2 is 1.81 bits per heavy atom. The fourth-order valence-corrected chi connectivity index (χ4v) is 2.61. The van der Waals surface area contributed by atoms with E-state index in [9.17, 15) is 9.59 Å². The summed E-state index contributed by atoms with van der Waals surface area (Å²) in [6.07, 6.45) is 0.771. The van der Waals surface area contributed by atoms with Gasteiger partial charge in [-0.1, -0.05) is 18.2 Å². The number of aryl methyl sites for hydroxylation is 2. The highest BCUT2D eigenvalue weighted by Gasteiger charge is 2.13. The second-order valence-electron chi connectivity index (χ2n) is 5.72. The maximum atomic E-state index is 12.3. The summed E-state index contributed by atoms with van der Waals surface area (Å²) in [5, 5.41) is 2.85. The van der Waals surface area contributed by atoms with Crippen LogP contribution in [-0.4, -0.2) is 33.2 Å². The molecule has 0 bridgehead atoms. The molecule has 6 heteroatoms. The third-order valence-corrected chi connectivity index (χ3v) is 4.04. The van der Waals surface area contributed by atoms with Gasteiger partial charge >= 0.3 is 5.97 Å². The van der Waals surface area contributed by atoms with Crippen molar-refractivity contribution in [3.05, 3.63) is 53.1 Å². The normalized spacial score (nSPS) is 10.2. The van der Waals surface area contributed by atoms with Crippen molar-refractivity contribution >= 4 is 17.6 Å². The Morgan fingerprint density at radius 1 is 1.04 bits per heavy atom. The molecule has 0 aromatic heterocycles. The number of para-hydroxylation sites is 1. The number of esters is 1. The third-order valence-electron chi connectivity index (χ3n) is 4.04. The number of benzene rings is 2. The lowest BCUT2D eigenvalue weighted by atomic mass is 10.1. The van der Waals surface area contributed by atoms with Gasteiger partial charge in [0, 0.05) is 12.1 Å². The first-order valence-electron chi connectivity index (χ1n) is 8.18. The summed E-state index contributed by atoms with van der Waals surface area (Å²) in [5.41, 5.74) is 2.74. The van der Waals surface area contributed by atoms with Crippen molar-refractivity contribution in [1.82, 2.24) is 0 Å². The van der Waals surface area contributed by atoms with Crippen molar-refractivity contribution in [1.29, 1.82) is 0 Å². The van der Waals surface area contributed by atoms with E-state index < -0.39 is 5.97 Å². The van der Waals surface area contributed by atoms with Crippen LogP contribution in [0, 0.1) is 6.92 Å². The van der Waals surface area contributed by atoms with E-state index in [0.29, 0.717) is 29.2 Å². The average molecular weight is 357 g/mol. The van der Waals surface area contributed by atoms with E-state index in [1.807, 2.05) is 25.1 Å². The van der Waals surface area contributed by atoms with Crippen LogP contribution in [0.5, 0.6) is 11.5 Å². The Hall–Kier alpha value is -3.02. The van der Waals surface area contributed by atoms with E-state index in [-0.39, 0.29) is 12.3 Å². The summed E-state index contributed by atoms with van der Waals surface area (Å²) in [6.45, 7) is 1.86. The fraction of sp³-hybridized carbons (Fsp3) is 0.300. The minimum absolute atomic E-state index is 0.153. The Balaban J connectivity index is 2.07. The molecule has 0 fully saturated rings. The summed E-state index contributed by atoms with van der Waals surface area (Å²) in [5.74, 6) is 0.667. The maximum Gasteiger partial charge on any atom is 0.337 e. The number of amides is 1. The first-order chi connectivity index (χ1) is 12.5. The zero-order valence-electron chi connectivity index (χ0n) is 15.4. The molecule has 0 spiro atoms. The average Bonchev–Trinajstić information content (AvgIpc) is 2.66. The van der Waals surface area contributed by atoms with Crippen molar-refractivity contribution in [2.75, 3.05) is 26.6 Å². The van der Waals surface area contributed by atoms with Gasteiger partial charge in [0.15, 0.2) is 11.5 Å². The van der Waals surface area contributed by atoms with Gasteiger partial charge in [-0.2, -0.15) is 0 Å². The van der Waals surface area contributed by atoms with Gasteiger partial charge in [-0.25, -0.2) is 4.79 Å². The molecule has 0 atom stereocenters. The summed E-state index contributed by atoms with van der Waals surface area (Å²) in [7, 11) is 4.47. The fourth-order valence-electron chi connectivity index (χ4n) is 2.61. The van der Waals surface area contributed by atoms with Crippen LogP contribution in [0.2, 0.25) is 0 Å². The molecule has 2 aromatic carbocycles. The minimum atomic E-state index is -0.443. The molecular formula is C20H23NO5. The van der Waals surface area contributed by atoms with Crippen molar-refractivity contribution in [2.45, 2.75) is 19.8 Å². The van der Waals surface area contributed by atoms with Crippen LogP contribution in [0.1, 0.15) is 27.9 Å². The highest BCUT2D eigenvalue weighted by atomic mass is 16.5. The number of anilines is 1. The van der Waals surface area contributed by atoms with E-state index in [0.717, 1.165) is 11.1 Å². The van der Waals surface area contributed by atoms with Crippen molar-refractivity contribution in [3.63, 3.8) is 0 Å². The van der Waals surface area contributed by atoms with Crippen LogP contribution in [0.25, 0.3) is 0 Å². The molecule has 0 saturated heterocycles. The first-order valence-corrected chi connectivity index (χ1v) is 8.18. The molecule has 0 aliphatic heterocycles. The Kier molecular flexibility index (Phi) is 6.60. The highest BCUT2D eigenvalue weighted by molar-refractivity contribution is 5.95. The van der Waals surface area contributed by atoms with Gasteiger partial charge < -0.3 is 19.5 Å². The Labute approximate surface area is 153 Å². The molecule has 138 valence electrons. The predicted octanol–water partition coefficient (Wildman–Crippen LogP) is 3.37. The van der Waals surface area contributed by atoms with E-state index in [1.54, 1.807) is 32.4 Å². The van der Waals surface area contributed by atoms with Gasteiger partial charge in [0.1, 0.15) is 0 Å². The molecule has 1 amide bonds. The monoisotopic (exact) mass is 357 g/mol. The number of carbonyl (C=O) groups is 2. The molecular weight excluding hydrogens is 334 g/mol. The molecule has 1 N–H and O–H groups in total. The van der Waals surface area contributed by atoms with Crippen LogP contribution in [0.4, 0.5) is 5.69 Å².